The Morgan fingerprint density at radius 1 is 1.24 bits per heavy atom. The van der Waals surface area contributed by atoms with Crippen molar-refractivity contribution in [2.24, 2.45) is 22.2 Å². The number of carbonyl (C=O) groups is 1. The van der Waals surface area contributed by atoms with Crippen molar-refractivity contribution in [3.05, 3.63) is 12.7 Å². The molecule has 0 aliphatic heterocycles. The molecule has 4 aliphatic rings. The summed E-state index contributed by atoms with van der Waals surface area (Å²) in [6, 6.07) is 0. The van der Waals surface area contributed by atoms with Crippen LogP contribution in [0.5, 0.6) is 0 Å². The minimum absolute atomic E-state index is 0.0353. The van der Waals surface area contributed by atoms with Crippen LogP contribution < -0.4 is 0 Å². The molecule has 3 heteroatoms. The summed E-state index contributed by atoms with van der Waals surface area (Å²) in [5, 5.41) is 9.27. The van der Waals surface area contributed by atoms with E-state index in [0.717, 1.165) is 25.2 Å². The van der Waals surface area contributed by atoms with Gasteiger partial charge in [-0.2, -0.15) is 0 Å². The predicted octanol–water partition coefficient (Wildman–Crippen LogP) is 2.99. The maximum atomic E-state index is 13.2. The summed E-state index contributed by atoms with van der Waals surface area (Å²) >= 11 is 0. The number of rotatable bonds is 5. The van der Waals surface area contributed by atoms with Crippen LogP contribution in [0, 0.1) is 22.2 Å². The molecule has 3 nitrogen and oxygen atoms in total. The van der Waals surface area contributed by atoms with Gasteiger partial charge in [-0.25, -0.2) is 0 Å². The lowest BCUT2D eigenvalue weighted by Gasteiger charge is -2.65. The number of aliphatic hydroxyl groups excluding tert-OH is 1. The molecule has 4 aliphatic carbocycles. The molecule has 4 saturated carbocycles. The lowest BCUT2D eigenvalue weighted by atomic mass is 9.40. The Balaban J connectivity index is 1.89. The summed E-state index contributed by atoms with van der Waals surface area (Å²) in [6.45, 7) is 9.57. The van der Waals surface area contributed by atoms with Crippen molar-refractivity contribution >= 4 is 5.91 Å². The number of hydrogen-bond donors (Lipinski definition) is 1. The molecule has 4 rings (SSSR count). The Labute approximate surface area is 128 Å². The van der Waals surface area contributed by atoms with Crippen molar-refractivity contribution in [3.8, 4) is 0 Å². The van der Waals surface area contributed by atoms with Gasteiger partial charge in [0.1, 0.15) is 0 Å². The van der Waals surface area contributed by atoms with Crippen LogP contribution in [0.4, 0.5) is 0 Å². The zero-order chi connectivity index (χ0) is 15.3. The largest absolute Gasteiger partial charge is 0.395 e. The van der Waals surface area contributed by atoms with Gasteiger partial charge in [-0.3, -0.25) is 4.79 Å². The summed E-state index contributed by atoms with van der Waals surface area (Å²) in [6.07, 6.45) is 8.83. The highest BCUT2D eigenvalue weighted by molar-refractivity contribution is 5.83. The Morgan fingerprint density at radius 2 is 1.86 bits per heavy atom. The summed E-state index contributed by atoms with van der Waals surface area (Å²) < 4.78 is 0. The Morgan fingerprint density at radius 3 is 2.33 bits per heavy atom. The van der Waals surface area contributed by atoms with Crippen molar-refractivity contribution in [3.63, 3.8) is 0 Å². The van der Waals surface area contributed by atoms with Crippen LogP contribution in [0.15, 0.2) is 12.7 Å². The van der Waals surface area contributed by atoms with Gasteiger partial charge in [0.05, 0.1) is 12.0 Å². The van der Waals surface area contributed by atoms with Gasteiger partial charge in [-0.05, 0) is 55.3 Å². The van der Waals surface area contributed by atoms with Crippen molar-refractivity contribution in [2.45, 2.75) is 52.4 Å². The van der Waals surface area contributed by atoms with Crippen LogP contribution in [0.2, 0.25) is 0 Å². The van der Waals surface area contributed by atoms with Crippen molar-refractivity contribution in [1.29, 1.82) is 0 Å². The van der Waals surface area contributed by atoms with Gasteiger partial charge < -0.3 is 10.0 Å². The molecular formula is C18H29NO2. The zero-order valence-electron chi connectivity index (χ0n) is 13.5. The van der Waals surface area contributed by atoms with Crippen molar-refractivity contribution in [1.82, 2.24) is 4.90 Å². The second-order valence-corrected chi connectivity index (χ2v) is 8.67. The van der Waals surface area contributed by atoms with E-state index in [9.17, 15) is 9.90 Å². The topological polar surface area (TPSA) is 40.5 Å². The zero-order valence-corrected chi connectivity index (χ0v) is 13.5. The monoisotopic (exact) mass is 291 g/mol. The summed E-state index contributed by atoms with van der Waals surface area (Å²) in [5.74, 6) is 0.998. The van der Waals surface area contributed by atoms with E-state index in [1.54, 1.807) is 6.08 Å². The highest BCUT2D eigenvalue weighted by Gasteiger charge is 2.63. The van der Waals surface area contributed by atoms with Gasteiger partial charge in [0, 0.05) is 13.1 Å². The normalized spacial score (nSPS) is 43.9. The number of hydrogen-bond acceptors (Lipinski definition) is 2. The molecule has 0 aromatic carbocycles. The van der Waals surface area contributed by atoms with Crippen LogP contribution in [-0.2, 0) is 4.79 Å². The molecule has 1 N–H and O–H groups in total. The Kier molecular flexibility index (Phi) is 3.47. The maximum absolute atomic E-state index is 13.2. The minimum Gasteiger partial charge on any atom is -0.395 e. The molecule has 4 bridgehead atoms. The third-order valence-electron chi connectivity index (χ3n) is 6.09. The smallest absolute Gasteiger partial charge is 0.229 e. The van der Waals surface area contributed by atoms with Crippen LogP contribution in [0.25, 0.3) is 0 Å². The number of aliphatic hydroxyl groups is 1. The molecule has 118 valence electrons. The second-order valence-electron chi connectivity index (χ2n) is 8.67. The molecule has 0 spiro atoms. The molecule has 4 fully saturated rings. The van der Waals surface area contributed by atoms with E-state index in [1.807, 2.05) is 4.90 Å². The van der Waals surface area contributed by atoms with E-state index in [1.165, 1.54) is 19.3 Å². The predicted molar refractivity (Wildman–Crippen MR) is 83.7 cm³/mol. The number of carbonyl (C=O) groups excluding carboxylic acids is 1. The highest BCUT2D eigenvalue weighted by atomic mass is 16.3. The quantitative estimate of drug-likeness (QED) is 0.791. The first-order valence-electron chi connectivity index (χ1n) is 8.35. The van der Waals surface area contributed by atoms with Gasteiger partial charge in [0.25, 0.3) is 0 Å². The van der Waals surface area contributed by atoms with Gasteiger partial charge in [-0.1, -0.05) is 19.9 Å². The molecule has 1 amide bonds. The molecule has 0 aromatic heterocycles. The van der Waals surface area contributed by atoms with E-state index < -0.39 is 0 Å². The first-order valence-corrected chi connectivity index (χ1v) is 8.35. The van der Waals surface area contributed by atoms with Crippen LogP contribution >= 0.6 is 0 Å². The fraction of sp³-hybridized carbons (Fsp3) is 0.833. The van der Waals surface area contributed by atoms with E-state index in [0.29, 0.717) is 23.9 Å². The van der Waals surface area contributed by atoms with Crippen molar-refractivity contribution in [2.75, 3.05) is 19.7 Å². The summed E-state index contributed by atoms with van der Waals surface area (Å²) in [7, 11) is 0. The average molecular weight is 291 g/mol. The van der Waals surface area contributed by atoms with Crippen LogP contribution in [0.1, 0.15) is 52.4 Å². The van der Waals surface area contributed by atoms with E-state index >= 15 is 0 Å². The van der Waals surface area contributed by atoms with Gasteiger partial charge >= 0.3 is 0 Å². The fourth-order valence-electron chi connectivity index (χ4n) is 6.57. The third kappa shape index (κ3) is 2.44. The molecule has 2 atom stereocenters. The molecule has 0 saturated heterocycles. The Bertz CT molecular complexity index is 440. The second kappa shape index (κ2) is 4.84. The van der Waals surface area contributed by atoms with Gasteiger partial charge in [0.15, 0.2) is 0 Å². The maximum Gasteiger partial charge on any atom is 0.229 e. The minimum atomic E-state index is -0.166. The Hall–Kier alpha value is -0.830. The number of nitrogens with zero attached hydrogens (tertiary/aromatic N) is 1. The SMILES string of the molecule is C=CCN(CCO)C(=O)C12CC3CC(C)(CC(C)(C3)C1)C2. The first kappa shape index (κ1) is 15.1. The molecule has 21 heavy (non-hydrogen) atoms. The summed E-state index contributed by atoms with van der Waals surface area (Å²) in [4.78, 5) is 15.1. The highest BCUT2D eigenvalue weighted by Crippen LogP contribution is 2.69. The lowest BCUT2D eigenvalue weighted by Crippen LogP contribution is -2.60. The molecule has 0 aromatic rings. The third-order valence-corrected chi connectivity index (χ3v) is 6.09. The van der Waals surface area contributed by atoms with Crippen molar-refractivity contribution < 1.29 is 9.90 Å². The van der Waals surface area contributed by atoms with E-state index in [-0.39, 0.29) is 17.9 Å². The molecule has 0 heterocycles. The fourth-order valence-corrected chi connectivity index (χ4v) is 6.57. The standard InChI is InChI=1S/C18H29NO2/c1-4-5-19(6-7-20)15(21)18-10-14-8-16(2,12-18)11-17(3,9-14)13-18/h4,14,20H,1,5-13H2,2-3H3. The first-order chi connectivity index (χ1) is 9.84. The van der Waals surface area contributed by atoms with Crippen LogP contribution in [0.3, 0.4) is 0 Å². The molecule has 2 unspecified atom stereocenters. The van der Waals surface area contributed by atoms with E-state index in [4.69, 9.17) is 0 Å². The summed E-state index contributed by atoms with van der Waals surface area (Å²) in [5.41, 5.74) is 0.535. The average Bonchev–Trinajstić information content (AvgIpc) is 2.33. The van der Waals surface area contributed by atoms with Crippen LogP contribution in [-0.4, -0.2) is 35.6 Å². The van der Waals surface area contributed by atoms with E-state index in [2.05, 4.69) is 20.4 Å². The number of amides is 1. The molecular weight excluding hydrogens is 262 g/mol. The van der Waals surface area contributed by atoms with Gasteiger partial charge in [0.2, 0.25) is 5.91 Å². The van der Waals surface area contributed by atoms with Gasteiger partial charge in [-0.15, -0.1) is 6.58 Å². The lowest BCUT2D eigenvalue weighted by molar-refractivity contribution is -0.179. The molecule has 0 radical (unpaired) electrons.